The Morgan fingerprint density at radius 2 is 1.71 bits per heavy atom. The first-order valence-corrected chi connectivity index (χ1v) is 4.84. The Morgan fingerprint density at radius 3 is 2.14 bits per heavy atom. The largest absolute Gasteiger partial charge is 1.00 e. The Labute approximate surface area is 94.4 Å². The van der Waals surface area contributed by atoms with Crippen molar-refractivity contribution in [2.45, 2.75) is 11.8 Å². The summed E-state index contributed by atoms with van der Waals surface area (Å²) in [6, 6.07) is 2.44. The van der Waals surface area contributed by atoms with E-state index in [2.05, 4.69) is 0 Å². The van der Waals surface area contributed by atoms with Crippen molar-refractivity contribution in [3.05, 3.63) is 17.7 Å². The quantitative estimate of drug-likeness (QED) is 0.291. The van der Waals surface area contributed by atoms with Gasteiger partial charge in [-0.05, 0) is 24.6 Å². The van der Waals surface area contributed by atoms with Crippen LogP contribution in [0.5, 0.6) is 0 Å². The van der Waals surface area contributed by atoms with Gasteiger partial charge in [0.1, 0.15) is 10.1 Å². The zero-order valence-electron chi connectivity index (χ0n) is 7.94. The van der Waals surface area contributed by atoms with Gasteiger partial charge in [0.2, 0.25) is 0 Å². The minimum atomic E-state index is -4.50. The van der Waals surface area contributed by atoms with E-state index in [1.165, 1.54) is 12.1 Å². The first-order chi connectivity index (χ1) is 5.82. The molecule has 14 heavy (non-hydrogen) atoms. The van der Waals surface area contributed by atoms with Gasteiger partial charge < -0.3 is 16.0 Å². The molecule has 0 aliphatic rings. The Kier molecular flexibility index (Phi) is 4.03. The summed E-state index contributed by atoms with van der Waals surface area (Å²) < 4.78 is 31.9. The molecule has 4 N–H and O–H groups in total. The van der Waals surface area contributed by atoms with Gasteiger partial charge in [-0.3, -0.25) is 0 Å². The molecule has 0 aliphatic heterocycles. The monoisotopic (exact) mass is 208 g/mol. The van der Waals surface area contributed by atoms with Crippen LogP contribution in [0.2, 0.25) is 0 Å². The zero-order chi connectivity index (χ0) is 10.2. The van der Waals surface area contributed by atoms with Gasteiger partial charge in [0.25, 0.3) is 0 Å². The van der Waals surface area contributed by atoms with Crippen LogP contribution in [0.15, 0.2) is 17.0 Å². The van der Waals surface area contributed by atoms with Crippen molar-refractivity contribution in [2.24, 2.45) is 0 Å². The second-order valence-corrected chi connectivity index (χ2v) is 4.05. The predicted octanol–water partition coefficient (Wildman–Crippen LogP) is -2.93. The summed E-state index contributed by atoms with van der Waals surface area (Å²) >= 11 is 0. The summed E-state index contributed by atoms with van der Waals surface area (Å²) in [6.45, 7) is 1.60. The van der Waals surface area contributed by atoms with Crippen LogP contribution in [-0.2, 0) is 10.1 Å². The van der Waals surface area contributed by atoms with Gasteiger partial charge in [-0.15, -0.1) is 0 Å². The molecule has 1 rings (SSSR count). The summed E-state index contributed by atoms with van der Waals surface area (Å²) in [5.41, 5.74) is 11.5. The molecule has 0 amide bonds. The van der Waals surface area contributed by atoms with Crippen molar-refractivity contribution in [2.75, 3.05) is 11.5 Å². The molecule has 5 nitrogen and oxygen atoms in total. The van der Waals surface area contributed by atoms with Gasteiger partial charge >= 0.3 is 18.9 Å². The average molecular weight is 208 g/mol. The standard InChI is InChI=1S/C7H10N2O3S.Li/c1-4-2-7(13(10,11)12)6(9)3-5(4)8;/h2-3H,8-9H2,1H3,(H,10,11,12);/q;+1/p-1. The number of nitrogens with two attached hydrogens (primary N) is 2. The maximum Gasteiger partial charge on any atom is 1.00 e. The Morgan fingerprint density at radius 1 is 1.21 bits per heavy atom. The first kappa shape index (κ1) is 13.3. The molecule has 1 aromatic rings. The van der Waals surface area contributed by atoms with Gasteiger partial charge in [0.15, 0.2) is 0 Å². The fraction of sp³-hybridized carbons (Fsp3) is 0.143. The maximum absolute atomic E-state index is 10.6. The van der Waals surface area contributed by atoms with Crippen LogP contribution in [0, 0.1) is 6.92 Å². The van der Waals surface area contributed by atoms with Gasteiger partial charge in [0.05, 0.1) is 10.6 Å². The van der Waals surface area contributed by atoms with Crippen LogP contribution in [0.3, 0.4) is 0 Å². The fourth-order valence-electron chi connectivity index (χ4n) is 0.932. The number of aryl methyl sites for hydroxylation is 1. The molecule has 0 aromatic heterocycles. The second kappa shape index (κ2) is 4.23. The number of benzene rings is 1. The van der Waals surface area contributed by atoms with E-state index in [4.69, 9.17) is 11.5 Å². The Bertz CT molecular complexity index is 444. The SMILES string of the molecule is Cc1cc(S(=O)(=O)[O-])c(N)cc1N.[Li+]. The first-order valence-electron chi connectivity index (χ1n) is 3.44. The second-order valence-electron chi connectivity index (χ2n) is 2.70. The predicted molar refractivity (Wildman–Crippen MR) is 48.0 cm³/mol. The smallest absolute Gasteiger partial charge is 0.744 e. The van der Waals surface area contributed by atoms with Crippen LogP contribution in [0.25, 0.3) is 0 Å². The molecule has 0 bridgehead atoms. The molecular weight excluding hydrogens is 199 g/mol. The molecule has 7 heteroatoms. The van der Waals surface area contributed by atoms with E-state index in [-0.39, 0.29) is 24.5 Å². The van der Waals surface area contributed by atoms with Gasteiger partial charge in [-0.1, -0.05) is 0 Å². The molecule has 72 valence electrons. The van der Waals surface area contributed by atoms with Crippen LogP contribution in [0.4, 0.5) is 11.4 Å². The van der Waals surface area contributed by atoms with E-state index in [1.807, 2.05) is 0 Å². The molecule has 0 fully saturated rings. The van der Waals surface area contributed by atoms with Crippen LogP contribution in [-0.4, -0.2) is 13.0 Å². The fourth-order valence-corrected chi connectivity index (χ4v) is 1.60. The third-order valence-corrected chi connectivity index (χ3v) is 2.56. The number of anilines is 2. The number of hydrogen-bond donors (Lipinski definition) is 2. The van der Waals surface area contributed by atoms with E-state index in [1.54, 1.807) is 6.92 Å². The van der Waals surface area contributed by atoms with Crippen LogP contribution >= 0.6 is 0 Å². The normalized spacial score (nSPS) is 10.7. The van der Waals surface area contributed by atoms with Crippen molar-refractivity contribution in [3.63, 3.8) is 0 Å². The molecule has 0 saturated heterocycles. The third-order valence-electron chi connectivity index (χ3n) is 1.67. The molecule has 0 atom stereocenters. The van der Waals surface area contributed by atoms with Gasteiger partial charge in [-0.2, -0.15) is 0 Å². The van der Waals surface area contributed by atoms with Gasteiger partial charge in [0, 0.05) is 5.69 Å². The minimum absolute atomic E-state index is 0. The van der Waals surface area contributed by atoms with E-state index in [0.29, 0.717) is 11.3 Å². The molecule has 0 spiro atoms. The molecule has 0 radical (unpaired) electrons. The third kappa shape index (κ3) is 2.66. The number of nitrogen functional groups attached to an aromatic ring is 2. The summed E-state index contributed by atoms with van der Waals surface area (Å²) in [5, 5.41) is 0. The van der Waals surface area contributed by atoms with Crippen molar-refractivity contribution < 1.29 is 31.8 Å². The van der Waals surface area contributed by atoms with Crippen molar-refractivity contribution >= 4 is 21.5 Å². The summed E-state index contributed by atoms with van der Waals surface area (Å²) in [7, 11) is -4.50. The van der Waals surface area contributed by atoms with Crippen LogP contribution < -0.4 is 30.3 Å². The van der Waals surface area contributed by atoms with Crippen molar-refractivity contribution in [1.29, 1.82) is 0 Å². The molecular formula is C7H9LiN2O3S. The topological polar surface area (TPSA) is 109 Å². The van der Waals surface area contributed by atoms with E-state index >= 15 is 0 Å². The summed E-state index contributed by atoms with van der Waals surface area (Å²) in [5.74, 6) is 0. The minimum Gasteiger partial charge on any atom is -0.744 e. The Balaban J connectivity index is 0.00000169. The molecule has 0 saturated carbocycles. The number of rotatable bonds is 1. The summed E-state index contributed by atoms with van der Waals surface area (Å²) in [6.07, 6.45) is 0. The molecule has 0 unspecified atom stereocenters. The number of hydrogen-bond acceptors (Lipinski definition) is 5. The molecule has 1 aromatic carbocycles. The van der Waals surface area contributed by atoms with E-state index in [0.717, 1.165) is 0 Å². The van der Waals surface area contributed by atoms with Gasteiger partial charge in [-0.25, -0.2) is 8.42 Å². The van der Waals surface area contributed by atoms with E-state index in [9.17, 15) is 13.0 Å². The zero-order valence-corrected chi connectivity index (χ0v) is 8.76. The molecule has 0 heterocycles. The van der Waals surface area contributed by atoms with Crippen LogP contribution in [0.1, 0.15) is 5.56 Å². The summed E-state index contributed by atoms with van der Waals surface area (Å²) in [4.78, 5) is -0.417. The maximum atomic E-state index is 10.6. The Hall–Kier alpha value is -0.673. The molecule has 0 aliphatic carbocycles. The van der Waals surface area contributed by atoms with Crippen molar-refractivity contribution in [3.8, 4) is 0 Å². The average Bonchev–Trinajstić information content (AvgIpc) is 1.94. The van der Waals surface area contributed by atoms with Crippen molar-refractivity contribution in [1.82, 2.24) is 0 Å². The van der Waals surface area contributed by atoms with E-state index < -0.39 is 15.0 Å².